The molecular weight excluding hydrogens is 294 g/mol. The number of allylic oxidation sites excluding steroid dienone is 1. The predicted molar refractivity (Wildman–Crippen MR) is 67.1 cm³/mol. The fourth-order valence-corrected chi connectivity index (χ4v) is 2.03. The normalized spacial score (nSPS) is 21.9. The van der Waals surface area contributed by atoms with Crippen LogP contribution in [0.5, 0.6) is 5.75 Å². The van der Waals surface area contributed by atoms with E-state index in [2.05, 4.69) is 5.43 Å². The number of nitrogens with zero attached hydrogens (tertiary/aromatic N) is 1. The third kappa shape index (κ3) is 2.30. The van der Waals surface area contributed by atoms with Crippen LogP contribution in [0.1, 0.15) is 17.3 Å². The van der Waals surface area contributed by atoms with Crippen LogP contribution >= 0.6 is 11.6 Å². The molecule has 1 amide bonds. The number of halogens is 3. The number of aliphatic hydroxyl groups is 1. The minimum atomic E-state index is -3.22. The molecule has 0 aliphatic carbocycles. The van der Waals surface area contributed by atoms with Gasteiger partial charge in [0.25, 0.3) is 12.3 Å². The molecule has 1 unspecified atom stereocenters. The SMILES string of the molecule is CC1=CC(O)(C(F)F)N(C(=O)c2cc(Cl)ccc2O)N1. The molecule has 0 radical (unpaired) electrons. The maximum absolute atomic E-state index is 13.0. The summed E-state index contributed by atoms with van der Waals surface area (Å²) >= 11 is 5.70. The number of phenolic OH excluding ortho intramolecular Hbond substituents is 1. The molecule has 3 N–H and O–H groups in total. The van der Waals surface area contributed by atoms with Gasteiger partial charge in [0.2, 0.25) is 5.72 Å². The van der Waals surface area contributed by atoms with Crippen LogP contribution in [0.25, 0.3) is 0 Å². The predicted octanol–water partition coefficient (Wildman–Crippen LogP) is 1.86. The highest BCUT2D eigenvalue weighted by atomic mass is 35.5. The summed E-state index contributed by atoms with van der Waals surface area (Å²) in [5.41, 5.74) is -0.566. The average Bonchev–Trinajstić information content (AvgIpc) is 2.68. The van der Waals surface area contributed by atoms with Gasteiger partial charge >= 0.3 is 0 Å². The Morgan fingerprint density at radius 3 is 2.75 bits per heavy atom. The number of amides is 1. The van der Waals surface area contributed by atoms with Gasteiger partial charge in [-0.2, -0.15) is 0 Å². The van der Waals surface area contributed by atoms with Crippen LogP contribution < -0.4 is 5.43 Å². The zero-order chi connectivity index (χ0) is 15.1. The molecule has 2 rings (SSSR count). The average molecular weight is 305 g/mol. The first-order valence-corrected chi connectivity index (χ1v) is 5.93. The summed E-state index contributed by atoms with van der Waals surface area (Å²) in [5, 5.41) is 20.0. The van der Waals surface area contributed by atoms with Crippen molar-refractivity contribution in [3.63, 3.8) is 0 Å². The lowest BCUT2D eigenvalue weighted by Gasteiger charge is -2.31. The van der Waals surface area contributed by atoms with Crippen molar-refractivity contribution in [1.82, 2.24) is 10.4 Å². The van der Waals surface area contributed by atoms with Gasteiger partial charge in [-0.05, 0) is 31.2 Å². The van der Waals surface area contributed by atoms with Crippen LogP contribution in [0.3, 0.4) is 0 Å². The van der Waals surface area contributed by atoms with Crippen LogP contribution in [0.15, 0.2) is 30.0 Å². The number of alkyl halides is 2. The number of nitrogens with one attached hydrogen (secondary N) is 1. The molecule has 0 bridgehead atoms. The number of aromatic hydroxyl groups is 1. The Labute approximate surface area is 118 Å². The van der Waals surface area contributed by atoms with Crippen molar-refractivity contribution in [2.24, 2.45) is 0 Å². The van der Waals surface area contributed by atoms with Crippen LogP contribution in [0, 0.1) is 0 Å². The summed E-state index contributed by atoms with van der Waals surface area (Å²) in [6, 6.07) is 3.63. The first-order valence-electron chi connectivity index (χ1n) is 5.55. The molecule has 0 saturated heterocycles. The second kappa shape index (κ2) is 4.92. The Hall–Kier alpha value is -1.86. The lowest BCUT2D eigenvalue weighted by molar-refractivity contribution is -0.146. The van der Waals surface area contributed by atoms with Crippen molar-refractivity contribution in [3.8, 4) is 5.75 Å². The summed E-state index contributed by atoms with van der Waals surface area (Å²) in [6.45, 7) is 1.42. The molecule has 108 valence electrons. The zero-order valence-electron chi connectivity index (χ0n) is 10.3. The Morgan fingerprint density at radius 2 is 2.15 bits per heavy atom. The third-order valence-electron chi connectivity index (χ3n) is 2.79. The Bertz CT molecular complexity index is 594. The van der Waals surface area contributed by atoms with E-state index in [1.165, 1.54) is 13.0 Å². The van der Waals surface area contributed by atoms with Crippen LogP contribution in [0.4, 0.5) is 8.78 Å². The molecule has 1 atom stereocenters. The molecule has 1 aliphatic heterocycles. The first-order chi connectivity index (χ1) is 9.25. The van der Waals surface area contributed by atoms with Crippen molar-refractivity contribution < 1.29 is 23.8 Å². The summed E-state index contributed by atoms with van der Waals surface area (Å²) < 4.78 is 26.0. The largest absolute Gasteiger partial charge is 0.507 e. The van der Waals surface area contributed by atoms with Gasteiger partial charge in [-0.25, -0.2) is 13.8 Å². The van der Waals surface area contributed by atoms with Crippen molar-refractivity contribution in [2.45, 2.75) is 19.1 Å². The topological polar surface area (TPSA) is 72.8 Å². The fourth-order valence-electron chi connectivity index (χ4n) is 1.86. The van der Waals surface area contributed by atoms with E-state index in [-0.39, 0.29) is 16.3 Å². The lowest BCUT2D eigenvalue weighted by atomic mass is 10.1. The lowest BCUT2D eigenvalue weighted by Crippen LogP contribution is -2.56. The van der Waals surface area contributed by atoms with Gasteiger partial charge in [0.15, 0.2) is 0 Å². The number of hydrogen-bond donors (Lipinski definition) is 3. The highest BCUT2D eigenvalue weighted by molar-refractivity contribution is 6.31. The van der Waals surface area contributed by atoms with E-state index < -0.39 is 23.8 Å². The molecule has 0 fully saturated rings. The second-order valence-electron chi connectivity index (χ2n) is 4.32. The Kier molecular flexibility index (Phi) is 3.58. The van der Waals surface area contributed by atoms with E-state index in [1.54, 1.807) is 0 Å². The minimum absolute atomic E-state index is 0.149. The molecular formula is C12H11ClF2N2O3. The van der Waals surface area contributed by atoms with Crippen molar-refractivity contribution >= 4 is 17.5 Å². The number of hydrazine groups is 1. The maximum Gasteiger partial charge on any atom is 0.291 e. The van der Waals surface area contributed by atoms with E-state index in [4.69, 9.17) is 11.6 Å². The van der Waals surface area contributed by atoms with E-state index in [1.807, 2.05) is 0 Å². The molecule has 1 aliphatic rings. The van der Waals surface area contributed by atoms with E-state index in [9.17, 15) is 23.8 Å². The second-order valence-corrected chi connectivity index (χ2v) is 4.76. The van der Waals surface area contributed by atoms with Gasteiger partial charge in [0, 0.05) is 10.7 Å². The van der Waals surface area contributed by atoms with Crippen LogP contribution in [-0.4, -0.2) is 33.3 Å². The van der Waals surface area contributed by atoms with Gasteiger partial charge in [0.1, 0.15) is 5.75 Å². The molecule has 8 heteroatoms. The van der Waals surface area contributed by atoms with Gasteiger partial charge in [-0.1, -0.05) is 11.6 Å². The van der Waals surface area contributed by atoms with Crippen LogP contribution in [0.2, 0.25) is 5.02 Å². The molecule has 1 aromatic rings. The highest BCUT2D eigenvalue weighted by Crippen LogP contribution is 2.31. The summed E-state index contributed by atoms with van der Waals surface area (Å²) in [4.78, 5) is 12.2. The number of hydrogen-bond acceptors (Lipinski definition) is 4. The number of phenols is 1. The Balaban J connectivity index is 2.41. The summed E-state index contributed by atoms with van der Waals surface area (Å²) in [7, 11) is 0. The standard InChI is InChI=1S/C12H11ClF2N2O3/c1-6-5-12(20,11(14)15)17(16-6)10(19)8-4-7(13)2-3-9(8)18/h2-5,11,16,18,20H,1H3. The molecule has 0 spiro atoms. The van der Waals surface area contributed by atoms with E-state index >= 15 is 0 Å². The summed E-state index contributed by atoms with van der Waals surface area (Å²) in [5.74, 6) is -1.46. The van der Waals surface area contributed by atoms with Gasteiger partial charge in [-0.15, -0.1) is 0 Å². The first kappa shape index (κ1) is 14.5. The number of benzene rings is 1. The summed E-state index contributed by atoms with van der Waals surface area (Å²) in [6.07, 6.45) is -2.39. The molecule has 1 aromatic carbocycles. The zero-order valence-corrected chi connectivity index (χ0v) is 11.0. The third-order valence-corrected chi connectivity index (χ3v) is 3.02. The molecule has 5 nitrogen and oxygen atoms in total. The van der Waals surface area contributed by atoms with E-state index in [0.717, 1.165) is 18.2 Å². The van der Waals surface area contributed by atoms with Gasteiger partial charge < -0.3 is 10.2 Å². The number of carbonyl (C=O) groups is 1. The van der Waals surface area contributed by atoms with Gasteiger partial charge in [0.05, 0.1) is 5.56 Å². The number of carbonyl (C=O) groups excluding carboxylic acids is 1. The van der Waals surface area contributed by atoms with Crippen molar-refractivity contribution in [1.29, 1.82) is 0 Å². The smallest absolute Gasteiger partial charge is 0.291 e. The van der Waals surface area contributed by atoms with Crippen LogP contribution in [-0.2, 0) is 0 Å². The van der Waals surface area contributed by atoms with E-state index in [0.29, 0.717) is 5.01 Å². The minimum Gasteiger partial charge on any atom is -0.507 e. The Morgan fingerprint density at radius 1 is 1.50 bits per heavy atom. The van der Waals surface area contributed by atoms with Crippen molar-refractivity contribution in [3.05, 3.63) is 40.6 Å². The van der Waals surface area contributed by atoms with Crippen molar-refractivity contribution in [2.75, 3.05) is 0 Å². The molecule has 0 aromatic heterocycles. The maximum atomic E-state index is 13.0. The van der Waals surface area contributed by atoms with Gasteiger partial charge in [-0.3, -0.25) is 10.2 Å². The monoisotopic (exact) mass is 304 g/mol. The highest BCUT2D eigenvalue weighted by Gasteiger charge is 2.49. The molecule has 20 heavy (non-hydrogen) atoms. The quantitative estimate of drug-likeness (QED) is 0.780. The molecule has 1 heterocycles. The fraction of sp³-hybridized carbons (Fsp3) is 0.250. The molecule has 0 saturated carbocycles. The number of rotatable bonds is 2.